The van der Waals surface area contributed by atoms with Gasteiger partial charge in [0.05, 0.1) is 11.1 Å². The van der Waals surface area contributed by atoms with Gasteiger partial charge in [0.2, 0.25) is 11.8 Å². The number of likely N-dealkylation sites (tertiary alicyclic amines) is 1. The molecular weight excluding hydrogens is 620 g/mol. The summed E-state index contributed by atoms with van der Waals surface area (Å²) in [5.74, 6) is -1.77. The highest BCUT2D eigenvalue weighted by molar-refractivity contribution is 6.23. The average molecular weight is 662 g/mol. The minimum absolute atomic E-state index is 0.0473. The summed E-state index contributed by atoms with van der Waals surface area (Å²) in [4.78, 5) is 67.1. The van der Waals surface area contributed by atoms with Gasteiger partial charge in [-0.1, -0.05) is 6.07 Å². The number of benzene rings is 2. The lowest BCUT2D eigenvalue weighted by atomic mass is 9.84. The van der Waals surface area contributed by atoms with Crippen LogP contribution in [0.2, 0.25) is 0 Å². The number of halogens is 2. The quantitative estimate of drug-likeness (QED) is 0.372. The van der Waals surface area contributed by atoms with Crippen molar-refractivity contribution in [1.29, 1.82) is 0 Å². The predicted molar refractivity (Wildman–Crippen MR) is 173 cm³/mol. The summed E-state index contributed by atoms with van der Waals surface area (Å²) < 4.78 is 27.8. The van der Waals surface area contributed by atoms with E-state index in [1.807, 2.05) is 12.1 Å². The molecule has 2 atom stereocenters. The SMILES string of the molecule is O=C1CCC(N2C(=O)c3ccc([C@H]4CCCN(CC5CCC(NC(=O)c6cc7c(cc6C(F)F)NCCC7)CC5)C4)cc3C2=O)C(=O)N1. The number of nitrogens with one attached hydrogen (secondary N) is 3. The van der Waals surface area contributed by atoms with Crippen LogP contribution in [0.15, 0.2) is 30.3 Å². The van der Waals surface area contributed by atoms with Crippen LogP contribution < -0.4 is 16.0 Å². The van der Waals surface area contributed by atoms with Gasteiger partial charge in [-0.3, -0.25) is 34.2 Å². The molecule has 5 aliphatic rings. The number of amides is 5. The van der Waals surface area contributed by atoms with Crippen molar-refractivity contribution in [3.05, 3.63) is 63.7 Å². The number of aryl methyl sites for hydroxylation is 1. The van der Waals surface area contributed by atoms with E-state index in [4.69, 9.17) is 0 Å². The van der Waals surface area contributed by atoms with Crippen molar-refractivity contribution < 1.29 is 32.8 Å². The van der Waals surface area contributed by atoms with Gasteiger partial charge < -0.3 is 15.5 Å². The number of carbonyl (C=O) groups is 5. The molecule has 7 rings (SSSR count). The highest BCUT2D eigenvalue weighted by Gasteiger charge is 2.45. The Balaban J connectivity index is 0.935. The summed E-state index contributed by atoms with van der Waals surface area (Å²) in [6.07, 6.45) is 4.60. The standard InChI is InChI=1S/C36H41F2N5O5/c37-32(38)26-17-29-22(3-1-13-39-29)16-27(26)33(45)40-24-8-5-20(6-9-24)18-42-14-2-4-23(19-42)21-7-10-25-28(15-21)36(48)43(35(25)47)30-11-12-31(44)41-34(30)46/h7,10,15-17,20,23-24,30,32,39H,1-6,8-9,11-14,18-19H2,(H,40,45)(H,41,44,46)/t20?,23-,24?,30?/m0/s1. The van der Waals surface area contributed by atoms with Gasteiger partial charge in [0.1, 0.15) is 6.04 Å². The number of nitrogens with zero attached hydrogens (tertiary/aromatic N) is 2. The lowest BCUT2D eigenvalue weighted by Gasteiger charge is -2.37. The Morgan fingerprint density at radius 3 is 2.48 bits per heavy atom. The molecule has 254 valence electrons. The van der Waals surface area contributed by atoms with Crippen molar-refractivity contribution in [2.24, 2.45) is 5.92 Å². The van der Waals surface area contributed by atoms with E-state index in [0.717, 1.165) is 93.6 Å². The summed E-state index contributed by atoms with van der Waals surface area (Å²) in [7, 11) is 0. The summed E-state index contributed by atoms with van der Waals surface area (Å²) in [5, 5.41) is 8.45. The monoisotopic (exact) mass is 661 g/mol. The Hall–Kier alpha value is -4.19. The highest BCUT2D eigenvalue weighted by atomic mass is 19.3. The topological polar surface area (TPSA) is 128 Å². The molecule has 4 aliphatic heterocycles. The zero-order valence-electron chi connectivity index (χ0n) is 26.9. The number of fused-ring (bicyclic) bond motifs is 2. The molecule has 0 radical (unpaired) electrons. The van der Waals surface area contributed by atoms with Crippen LogP contribution in [0.25, 0.3) is 0 Å². The van der Waals surface area contributed by atoms with Crippen molar-refractivity contribution in [3.63, 3.8) is 0 Å². The molecule has 1 aliphatic carbocycles. The fourth-order valence-electron chi connectivity index (χ4n) is 8.27. The van der Waals surface area contributed by atoms with Gasteiger partial charge in [-0.2, -0.15) is 0 Å². The molecule has 48 heavy (non-hydrogen) atoms. The van der Waals surface area contributed by atoms with E-state index in [0.29, 0.717) is 22.7 Å². The Labute approximate surface area is 278 Å². The van der Waals surface area contributed by atoms with E-state index in [-0.39, 0.29) is 35.9 Å². The molecule has 3 fully saturated rings. The Kier molecular flexibility index (Phi) is 9.02. The third kappa shape index (κ3) is 6.34. The second-order valence-electron chi connectivity index (χ2n) is 14.0. The van der Waals surface area contributed by atoms with Crippen molar-refractivity contribution in [2.75, 3.05) is 31.5 Å². The number of piperidine rings is 2. The first-order valence-corrected chi connectivity index (χ1v) is 17.2. The van der Waals surface area contributed by atoms with Gasteiger partial charge in [0, 0.05) is 48.9 Å². The van der Waals surface area contributed by atoms with Gasteiger partial charge in [-0.05, 0) is 112 Å². The third-order valence-corrected chi connectivity index (χ3v) is 10.8. The lowest BCUT2D eigenvalue weighted by molar-refractivity contribution is -0.136. The van der Waals surface area contributed by atoms with Crippen LogP contribution in [0.5, 0.6) is 0 Å². The van der Waals surface area contributed by atoms with Gasteiger partial charge in [-0.15, -0.1) is 0 Å². The second kappa shape index (κ2) is 13.4. The van der Waals surface area contributed by atoms with E-state index < -0.39 is 42.0 Å². The van der Waals surface area contributed by atoms with Crippen LogP contribution in [0.4, 0.5) is 14.5 Å². The molecular formula is C36H41F2N5O5. The molecule has 0 spiro atoms. The molecule has 2 saturated heterocycles. The predicted octanol–water partition coefficient (Wildman–Crippen LogP) is 4.55. The van der Waals surface area contributed by atoms with Crippen LogP contribution in [0.1, 0.15) is 118 Å². The zero-order chi connectivity index (χ0) is 33.5. The Morgan fingerprint density at radius 2 is 1.71 bits per heavy atom. The average Bonchev–Trinajstić information content (AvgIpc) is 3.33. The van der Waals surface area contributed by atoms with Crippen LogP contribution in [0.3, 0.4) is 0 Å². The van der Waals surface area contributed by atoms with Gasteiger partial charge in [-0.25, -0.2) is 8.78 Å². The molecule has 0 bridgehead atoms. The van der Waals surface area contributed by atoms with Crippen molar-refractivity contribution in [2.45, 2.75) is 88.6 Å². The van der Waals surface area contributed by atoms with Crippen LogP contribution in [-0.4, -0.2) is 77.6 Å². The van der Waals surface area contributed by atoms with E-state index in [2.05, 4.69) is 20.9 Å². The normalized spacial score (nSPS) is 26.2. The summed E-state index contributed by atoms with van der Waals surface area (Å²) in [5.41, 5.74) is 3.07. The number of rotatable bonds is 7. The Bertz CT molecular complexity index is 1660. The molecule has 1 saturated carbocycles. The first-order chi connectivity index (χ1) is 23.2. The van der Waals surface area contributed by atoms with Crippen LogP contribution >= 0.6 is 0 Å². The maximum absolute atomic E-state index is 13.9. The second-order valence-corrected chi connectivity index (χ2v) is 14.0. The number of imide groups is 2. The van der Waals surface area contributed by atoms with E-state index >= 15 is 0 Å². The smallest absolute Gasteiger partial charge is 0.264 e. The number of hydrogen-bond acceptors (Lipinski definition) is 7. The molecule has 2 aromatic carbocycles. The molecule has 0 aromatic heterocycles. The van der Waals surface area contributed by atoms with Crippen molar-refractivity contribution in [3.8, 4) is 0 Å². The van der Waals surface area contributed by atoms with Crippen molar-refractivity contribution in [1.82, 2.24) is 20.4 Å². The van der Waals surface area contributed by atoms with Crippen LogP contribution in [-0.2, 0) is 16.0 Å². The third-order valence-electron chi connectivity index (χ3n) is 10.8. The number of anilines is 1. The summed E-state index contributed by atoms with van der Waals surface area (Å²) >= 11 is 0. The minimum Gasteiger partial charge on any atom is -0.385 e. The highest BCUT2D eigenvalue weighted by Crippen LogP contribution is 2.35. The van der Waals surface area contributed by atoms with Crippen molar-refractivity contribution >= 4 is 35.2 Å². The fourth-order valence-corrected chi connectivity index (χ4v) is 8.27. The van der Waals surface area contributed by atoms with E-state index in [9.17, 15) is 32.8 Å². The lowest BCUT2D eigenvalue weighted by Crippen LogP contribution is -2.54. The van der Waals surface area contributed by atoms with Gasteiger partial charge >= 0.3 is 0 Å². The summed E-state index contributed by atoms with van der Waals surface area (Å²) in [6.45, 7) is 3.48. The first-order valence-electron chi connectivity index (χ1n) is 17.2. The molecule has 5 amide bonds. The Morgan fingerprint density at radius 1 is 0.917 bits per heavy atom. The number of carbonyl (C=O) groups excluding carboxylic acids is 5. The molecule has 10 nitrogen and oxygen atoms in total. The maximum atomic E-state index is 13.9. The molecule has 4 heterocycles. The number of hydrogen-bond donors (Lipinski definition) is 3. The molecule has 12 heteroatoms. The van der Waals surface area contributed by atoms with E-state index in [1.165, 1.54) is 6.07 Å². The van der Waals surface area contributed by atoms with Gasteiger partial charge in [0.25, 0.3) is 24.1 Å². The fraction of sp³-hybridized carbons (Fsp3) is 0.528. The minimum atomic E-state index is -2.73. The molecule has 2 aromatic rings. The summed E-state index contributed by atoms with van der Waals surface area (Å²) in [6, 6.07) is 7.46. The molecule has 1 unspecified atom stereocenters. The van der Waals surface area contributed by atoms with Gasteiger partial charge in [0.15, 0.2) is 0 Å². The van der Waals surface area contributed by atoms with E-state index in [1.54, 1.807) is 12.1 Å². The van der Waals surface area contributed by atoms with Crippen LogP contribution in [0, 0.1) is 5.92 Å². The zero-order valence-corrected chi connectivity index (χ0v) is 26.9. The first kappa shape index (κ1) is 32.4. The largest absolute Gasteiger partial charge is 0.385 e. The molecule has 3 N–H and O–H groups in total. The number of alkyl halides is 2. The maximum Gasteiger partial charge on any atom is 0.264 e.